The maximum Gasteiger partial charge on any atom is 0.410 e. The van der Waals surface area contributed by atoms with Crippen LogP contribution in [0.25, 0.3) is 0 Å². The van der Waals surface area contributed by atoms with Gasteiger partial charge in [0.15, 0.2) is 0 Å². The van der Waals surface area contributed by atoms with Crippen LogP contribution in [-0.4, -0.2) is 59.1 Å². The Kier molecular flexibility index (Phi) is 6.23. The molecule has 0 radical (unpaired) electrons. The number of hydrogen-bond acceptors (Lipinski definition) is 4. The fourth-order valence-corrected chi connectivity index (χ4v) is 2.57. The van der Waals surface area contributed by atoms with Crippen LogP contribution >= 0.6 is 0 Å². The van der Waals surface area contributed by atoms with Crippen LogP contribution in [0, 0.1) is 5.92 Å². The van der Waals surface area contributed by atoms with Crippen molar-refractivity contribution in [2.45, 2.75) is 65.6 Å². The molecule has 1 saturated heterocycles. The standard InChI is InChI=1S/C16H31N3O3/c1-11(2)19(14(20)12(3)17)10-13-7-8-18(9-13)15(21)22-16(4,5)6/h11-13H,7-10,17H2,1-6H3. The predicted octanol–water partition coefficient (Wildman–Crippen LogP) is 1.83. The Hall–Kier alpha value is -1.30. The van der Waals surface area contributed by atoms with Crippen molar-refractivity contribution in [2.75, 3.05) is 19.6 Å². The number of amides is 2. The van der Waals surface area contributed by atoms with Gasteiger partial charge in [-0.05, 0) is 53.9 Å². The first-order valence-electron chi connectivity index (χ1n) is 8.05. The third kappa shape index (κ3) is 5.48. The van der Waals surface area contributed by atoms with E-state index in [2.05, 4.69) is 0 Å². The van der Waals surface area contributed by atoms with E-state index in [9.17, 15) is 9.59 Å². The third-order valence-corrected chi connectivity index (χ3v) is 3.69. The summed E-state index contributed by atoms with van der Waals surface area (Å²) in [4.78, 5) is 27.8. The van der Waals surface area contributed by atoms with E-state index in [1.807, 2.05) is 39.5 Å². The molecule has 6 heteroatoms. The smallest absolute Gasteiger partial charge is 0.410 e. The number of nitrogens with two attached hydrogens (primary N) is 1. The first-order valence-corrected chi connectivity index (χ1v) is 8.05. The lowest BCUT2D eigenvalue weighted by molar-refractivity contribution is -0.134. The van der Waals surface area contributed by atoms with E-state index < -0.39 is 11.6 Å². The van der Waals surface area contributed by atoms with E-state index in [1.165, 1.54) is 0 Å². The molecule has 6 nitrogen and oxygen atoms in total. The topological polar surface area (TPSA) is 75.9 Å². The van der Waals surface area contributed by atoms with Crippen LogP contribution in [0.5, 0.6) is 0 Å². The molecule has 1 heterocycles. The molecule has 22 heavy (non-hydrogen) atoms. The minimum atomic E-state index is -0.495. The monoisotopic (exact) mass is 313 g/mol. The number of hydrogen-bond donors (Lipinski definition) is 1. The lowest BCUT2D eigenvalue weighted by Crippen LogP contribution is -2.48. The van der Waals surface area contributed by atoms with Gasteiger partial charge in [-0.3, -0.25) is 4.79 Å². The first kappa shape index (κ1) is 18.7. The van der Waals surface area contributed by atoms with Gasteiger partial charge in [-0.15, -0.1) is 0 Å². The van der Waals surface area contributed by atoms with Crippen molar-refractivity contribution in [1.82, 2.24) is 9.80 Å². The second-order valence-electron chi connectivity index (χ2n) is 7.45. The summed E-state index contributed by atoms with van der Waals surface area (Å²) >= 11 is 0. The van der Waals surface area contributed by atoms with Gasteiger partial charge in [0.1, 0.15) is 5.60 Å². The maximum absolute atomic E-state index is 12.2. The highest BCUT2D eigenvalue weighted by atomic mass is 16.6. The number of likely N-dealkylation sites (tertiary alicyclic amines) is 1. The molecule has 0 spiro atoms. The Balaban J connectivity index is 2.58. The second kappa shape index (κ2) is 7.31. The summed E-state index contributed by atoms with van der Waals surface area (Å²) in [7, 11) is 0. The lowest BCUT2D eigenvalue weighted by atomic mass is 10.1. The minimum absolute atomic E-state index is 0.0364. The molecule has 2 unspecified atom stereocenters. The largest absolute Gasteiger partial charge is 0.444 e. The van der Waals surface area contributed by atoms with Crippen molar-refractivity contribution in [3.63, 3.8) is 0 Å². The van der Waals surface area contributed by atoms with Gasteiger partial charge >= 0.3 is 6.09 Å². The van der Waals surface area contributed by atoms with Gasteiger partial charge < -0.3 is 20.3 Å². The highest BCUT2D eigenvalue weighted by Gasteiger charge is 2.32. The van der Waals surface area contributed by atoms with Gasteiger partial charge in [0.2, 0.25) is 5.91 Å². The lowest BCUT2D eigenvalue weighted by Gasteiger charge is -2.31. The average Bonchev–Trinajstić information content (AvgIpc) is 2.81. The van der Waals surface area contributed by atoms with Crippen molar-refractivity contribution in [3.8, 4) is 0 Å². The predicted molar refractivity (Wildman–Crippen MR) is 86.4 cm³/mol. The van der Waals surface area contributed by atoms with Gasteiger partial charge in [-0.2, -0.15) is 0 Å². The van der Waals surface area contributed by atoms with Crippen molar-refractivity contribution in [1.29, 1.82) is 0 Å². The molecule has 0 aromatic carbocycles. The van der Waals surface area contributed by atoms with Crippen LogP contribution in [0.15, 0.2) is 0 Å². The maximum atomic E-state index is 12.2. The van der Waals surface area contributed by atoms with Crippen molar-refractivity contribution >= 4 is 12.0 Å². The molecule has 0 saturated carbocycles. The Labute approximate surface area is 134 Å². The highest BCUT2D eigenvalue weighted by Crippen LogP contribution is 2.21. The molecular weight excluding hydrogens is 282 g/mol. The Morgan fingerprint density at radius 2 is 1.91 bits per heavy atom. The minimum Gasteiger partial charge on any atom is -0.444 e. The Morgan fingerprint density at radius 3 is 2.36 bits per heavy atom. The molecule has 0 bridgehead atoms. The number of nitrogens with zero attached hydrogens (tertiary/aromatic N) is 2. The Morgan fingerprint density at radius 1 is 1.32 bits per heavy atom. The van der Waals surface area contributed by atoms with Crippen molar-refractivity contribution in [2.24, 2.45) is 11.7 Å². The van der Waals surface area contributed by atoms with Crippen LogP contribution in [0.3, 0.4) is 0 Å². The number of carbonyl (C=O) groups is 2. The molecule has 2 atom stereocenters. The summed E-state index contributed by atoms with van der Waals surface area (Å²) in [5.74, 6) is 0.239. The fraction of sp³-hybridized carbons (Fsp3) is 0.875. The van der Waals surface area contributed by atoms with Crippen LogP contribution in [0.4, 0.5) is 4.79 Å². The summed E-state index contributed by atoms with van der Waals surface area (Å²) in [5, 5.41) is 0. The second-order valence-corrected chi connectivity index (χ2v) is 7.45. The number of carbonyl (C=O) groups excluding carboxylic acids is 2. The molecular formula is C16H31N3O3. The summed E-state index contributed by atoms with van der Waals surface area (Å²) in [5.41, 5.74) is 5.24. The first-order chi connectivity index (χ1) is 10.0. The average molecular weight is 313 g/mol. The van der Waals surface area contributed by atoms with Crippen LogP contribution < -0.4 is 5.73 Å². The van der Waals surface area contributed by atoms with E-state index in [1.54, 1.807) is 11.8 Å². The molecule has 2 N–H and O–H groups in total. The molecule has 0 aliphatic carbocycles. The van der Waals surface area contributed by atoms with Gasteiger partial charge in [0, 0.05) is 25.7 Å². The van der Waals surface area contributed by atoms with Crippen LogP contribution in [-0.2, 0) is 9.53 Å². The van der Waals surface area contributed by atoms with Gasteiger partial charge in [0.05, 0.1) is 6.04 Å². The van der Waals surface area contributed by atoms with Gasteiger partial charge in [-0.25, -0.2) is 4.79 Å². The van der Waals surface area contributed by atoms with E-state index >= 15 is 0 Å². The normalized spacial score (nSPS) is 20.2. The Bertz CT molecular complexity index is 402. The third-order valence-electron chi connectivity index (χ3n) is 3.69. The van der Waals surface area contributed by atoms with Crippen molar-refractivity contribution in [3.05, 3.63) is 0 Å². The molecule has 1 fully saturated rings. The summed E-state index contributed by atoms with van der Waals surface area (Å²) < 4.78 is 5.39. The zero-order chi connectivity index (χ0) is 17.1. The van der Waals surface area contributed by atoms with E-state index in [4.69, 9.17) is 10.5 Å². The van der Waals surface area contributed by atoms with Crippen LogP contribution in [0.1, 0.15) is 48.0 Å². The van der Waals surface area contributed by atoms with Gasteiger partial charge in [-0.1, -0.05) is 0 Å². The van der Waals surface area contributed by atoms with E-state index in [-0.39, 0.29) is 24.0 Å². The van der Waals surface area contributed by atoms with E-state index in [0.717, 1.165) is 6.42 Å². The number of rotatable bonds is 4. The summed E-state index contributed by atoms with van der Waals surface area (Å²) in [6.07, 6.45) is 0.610. The molecule has 1 rings (SSSR count). The number of ether oxygens (including phenoxy) is 1. The zero-order valence-corrected chi connectivity index (χ0v) is 14.8. The summed E-state index contributed by atoms with van der Waals surface area (Å²) in [6.45, 7) is 13.2. The molecule has 2 amide bonds. The fourth-order valence-electron chi connectivity index (χ4n) is 2.57. The molecule has 1 aliphatic heterocycles. The van der Waals surface area contributed by atoms with Gasteiger partial charge in [0.25, 0.3) is 0 Å². The van der Waals surface area contributed by atoms with Crippen molar-refractivity contribution < 1.29 is 14.3 Å². The molecule has 128 valence electrons. The molecule has 0 aromatic rings. The summed E-state index contributed by atoms with van der Waals surface area (Å²) in [6, 6.07) is -0.389. The SMILES string of the molecule is CC(N)C(=O)N(CC1CCN(C(=O)OC(C)(C)C)C1)C(C)C. The highest BCUT2D eigenvalue weighted by molar-refractivity contribution is 5.81. The molecule has 0 aromatic heterocycles. The quantitative estimate of drug-likeness (QED) is 0.859. The van der Waals surface area contributed by atoms with E-state index in [0.29, 0.717) is 19.6 Å². The molecule has 1 aliphatic rings. The van der Waals surface area contributed by atoms with Crippen LogP contribution in [0.2, 0.25) is 0 Å². The zero-order valence-electron chi connectivity index (χ0n) is 14.8.